The highest BCUT2D eigenvalue weighted by molar-refractivity contribution is 5.74. The minimum atomic E-state index is -0.239. The van der Waals surface area contributed by atoms with Gasteiger partial charge in [0.1, 0.15) is 5.75 Å². The quantitative estimate of drug-likeness (QED) is 0.724. The third-order valence-corrected chi connectivity index (χ3v) is 3.27. The normalized spacial score (nSPS) is 12.6. The number of aliphatic hydroxyl groups excluding tert-OH is 1. The van der Waals surface area contributed by atoms with Crippen molar-refractivity contribution in [1.29, 1.82) is 0 Å². The van der Waals surface area contributed by atoms with E-state index in [4.69, 9.17) is 4.74 Å². The highest BCUT2D eigenvalue weighted by Crippen LogP contribution is 2.20. The van der Waals surface area contributed by atoms with Crippen molar-refractivity contribution in [3.8, 4) is 5.75 Å². The van der Waals surface area contributed by atoms with Crippen LogP contribution in [0.1, 0.15) is 32.8 Å². The van der Waals surface area contributed by atoms with Crippen molar-refractivity contribution in [2.75, 3.05) is 20.3 Å². The second kappa shape index (κ2) is 8.63. The summed E-state index contributed by atoms with van der Waals surface area (Å²) in [6.45, 7) is 6.74. The van der Waals surface area contributed by atoms with Crippen molar-refractivity contribution in [2.24, 2.45) is 5.41 Å². The Bertz CT molecular complexity index is 452. The summed E-state index contributed by atoms with van der Waals surface area (Å²) < 4.78 is 5.10. The first-order valence-electron chi connectivity index (χ1n) is 7.62. The molecular weight excluding hydrogens is 280 g/mol. The van der Waals surface area contributed by atoms with Gasteiger partial charge in [-0.3, -0.25) is 0 Å². The Kier molecular flexibility index (Phi) is 7.18. The van der Waals surface area contributed by atoms with E-state index in [-0.39, 0.29) is 24.1 Å². The van der Waals surface area contributed by atoms with Gasteiger partial charge in [-0.25, -0.2) is 4.79 Å². The van der Waals surface area contributed by atoms with E-state index in [9.17, 15) is 9.90 Å². The van der Waals surface area contributed by atoms with Crippen molar-refractivity contribution in [3.63, 3.8) is 0 Å². The third kappa shape index (κ3) is 7.31. The highest BCUT2D eigenvalue weighted by atomic mass is 16.5. The van der Waals surface area contributed by atoms with Gasteiger partial charge in [0.25, 0.3) is 0 Å². The van der Waals surface area contributed by atoms with Gasteiger partial charge in [0.05, 0.1) is 19.8 Å². The molecule has 0 fully saturated rings. The van der Waals surface area contributed by atoms with Crippen molar-refractivity contribution < 1.29 is 14.6 Å². The number of rotatable bonds is 7. The summed E-state index contributed by atoms with van der Waals surface area (Å²) in [4.78, 5) is 11.8. The largest absolute Gasteiger partial charge is 0.497 e. The molecule has 5 heteroatoms. The van der Waals surface area contributed by atoms with Crippen LogP contribution < -0.4 is 15.4 Å². The smallest absolute Gasteiger partial charge is 0.315 e. The molecule has 1 rings (SSSR count). The fourth-order valence-corrected chi connectivity index (χ4v) is 2.25. The van der Waals surface area contributed by atoms with E-state index in [1.165, 1.54) is 0 Å². The average molecular weight is 308 g/mol. The van der Waals surface area contributed by atoms with E-state index in [0.717, 1.165) is 24.2 Å². The number of aliphatic hydroxyl groups is 1. The fraction of sp³-hybridized carbons (Fsp3) is 0.588. The molecule has 0 saturated carbocycles. The maximum absolute atomic E-state index is 11.8. The molecule has 0 spiro atoms. The van der Waals surface area contributed by atoms with Gasteiger partial charge in [0.2, 0.25) is 0 Å². The molecule has 0 aromatic heterocycles. The molecule has 0 aliphatic heterocycles. The van der Waals surface area contributed by atoms with E-state index < -0.39 is 0 Å². The predicted octanol–water partition coefficient (Wildman–Crippen LogP) is 2.33. The Hall–Kier alpha value is -1.75. The van der Waals surface area contributed by atoms with E-state index in [1.807, 2.05) is 24.3 Å². The summed E-state index contributed by atoms with van der Waals surface area (Å²) in [6, 6.07) is 7.31. The Morgan fingerprint density at radius 2 is 1.91 bits per heavy atom. The molecule has 0 radical (unpaired) electrons. The molecule has 1 aromatic carbocycles. The number of hydrogen-bond acceptors (Lipinski definition) is 3. The number of carbonyl (C=O) groups excluding carboxylic acids is 1. The van der Waals surface area contributed by atoms with Gasteiger partial charge in [-0.1, -0.05) is 32.9 Å². The van der Waals surface area contributed by atoms with Crippen LogP contribution in [0.5, 0.6) is 5.75 Å². The third-order valence-electron chi connectivity index (χ3n) is 3.27. The Labute approximate surface area is 133 Å². The lowest BCUT2D eigenvalue weighted by Crippen LogP contribution is -2.45. The Morgan fingerprint density at radius 3 is 2.41 bits per heavy atom. The summed E-state index contributed by atoms with van der Waals surface area (Å²) in [6.07, 6.45) is 1.48. The van der Waals surface area contributed by atoms with E-state index in [0.29, 0.717) is 6.54 Å². The maximum Gasteiger partial charge on any atom is 0.315 e. The fourth-order valence-electron chi connectivity index (χ4n) is 2.25. The molecule has 3 N–H and O–H groups in total. The summed E-state index contributed by atoms with van der Waals surface area (Å²) in [5.74, 6) is 0.822. The zero-order valence-corrected chi connectivity index (χ0v) is 14.0. The number of hydrogen-bond donors (Lipinski definition) is 3. The number of carbonyl (C=O) groups is 1. The van der Waals surface area contributed by atoms with Crippen molar-refractivity contribution in [2.45, 2.75) is 39.7 Å². The SMILES string of the molecule is COc1ccc(CCNC(=O)NC(CO)CC(C)(C)C)cc1. The van der Waals surface area contributed by atoms with Crippen LogP contribution in [0.25, 0.3) is 0 Å². The molecule has 0 heterocycles. The lowest BCUT2D eigenvalue weighted by atomic mass is 9.88. The average Bonchev–Trinajstić information content (AvgIpc) is 2.46. The molecule has 5 nitrogen and oxygen atoms in total. The predicted molar refractivity (Wildman–Crippen MR) is 88.2 cm³/mol. The second-order valence-electron chi connectivity index (χ2n) is 6.64. The molecule has 0 bridgehead atoms. The standard InChI is InChI=1S/C17H28N2O3/c1-17(2,3)11-14(12-20)19-16(21)18-10-9-13-5-7-15(22-4)8-6-13/h5-8,14,20H,9-12H2,1-4H3,(H2,18,19,21). The first kappa shape index (κ1) is 18.3. The first-order valence-corrected chi connectivity index (χ1v) is 7.62. The Morgan fingerprint density at radius 1 is 1.27 bits per heavy atom. The zero-order valence-electron chi connectivity index (χ0n) is 14.0. The minimum Gasteiger partial charge on any atom is -0.497 e. The van der Waals surface area contributed by atoms with Crippen LogP contribution in [0.3, 0.4) is 0 Å². The van der Waals surface area contributed by atoms with Crippen LogP contribution in [0.2, 0.25) is 0 Å². The highest BCUT2D eigenvalue weighted by Gasteiger charge is 2.19. The topological polar surface area (TPSA) is 70.6 Å². The van der Waals surface area contributed by atoms with Crippen LogP contribution in [0.15, 0.2) is 24.3 Å². The monoisotopic (exact) mass is 308 g/mol. The molecular formula is C17H28N2O3. The number of methoxy groups -OCH3 is 1. The number of ether oxygens (including phenoxy) is 1. The molecule has 1 unspecified atom stereocenters. The second-order valence-corrected chi connectivity index (χ2v) is 6.64. The van der Waals surface area contributed by atoms with E-state index in [1.54, 1.807) is 7.11 Å². The lowest BCUT2D eigenvalue weighted by molar-refractivity contribution is 0.191. The van der Waals surface area contributed by atoms with Gasteiger partial charge in [0, 0.05) is 6.54 Å². The first-order chi connectivity index (χ1) is 10.3. The number of urea groups is 1. The van der Waals surface area contributed by atoms with Crippen molar-refractivity contribution >= 4 is 6.03 Å². The summed E-state index contributed by atoms with van der Waals surface area (Å²) >= 11 is 0. The van der Waals surface area contributed by atoms with Gasteiger partial charge < -0.3 is 20.5 Å². The van der Waals surface area contributed by atoms with Crippen molar-refractivity contribution in [3.05, 3.63) is 29.8 Å². The molecule has 0 saturated heterocycles. The van der Waals surface area contributed by atoms with Crippen molar-refractivity contribution in [1.82, 2.24) is 10.6 Å². The summed E-state index contributed by atoms with van der Waals surface area (Å²) in [5.41, 5.74) is 1.19. The van der Waals surface area contributed by atoms with Crippen LogP contribution in [-0.4, -0.2) is 37.4 Å². The molecule has 1 aromatic rings. The van der Waals surface area contributed by atoms with Crippen LogP contribution in [0, 0.1) is 5.41 Å². The maximum atomic E-state index is 11.8. The number of benzene rings is 1. The molecule has 0 aliphatic carbocycles. The van der Waals surface area contributed by atoms with Gasteiger partial charge in [-0.15, -0.1) is 0 Å². The lowest BCUT2D eigenvalue weighted by Gasteiger charge is -2.25. The van der Waals surface area contributed by atoms with Gasteiger partial charge >= 0.3 is 6.03 Å². The molecule has 22 heavy (non-hydrogen) atoms. The number of nitrogens with one attached hydrogen (secondary N) is 2. The van der Waals surface area contributed by atoms with E-state index >= 15 is 0 Å². The summed E-state index contributed by atoms with van der Waals surface area (Å²) in [5, 5.41) is 15.0. The molecule has 0 aliphatic rings. The molecule has 2 amide bonds. The van der Waals surface area contributed by atoms with Gasteiger partial charge in [0.15, 0.2) is 0 Å². The molecule has 124 valence electrons. The Balaban J connectivity index is 2.32. The van der Waals surface area contributed by atoms with E-state index in [2.05, 4.69) is 31.4 Å². The number of amides is 2. The summed E-state index contributed by atoms with van der Waals surface area (Å²) in [7, 11) is 1.63. The zero-order chi connectivity index (χ0) is 16.6. The molecule has 1 atom stereocenters. The van der Waals surface area contributed by atoms with Crippen LogP contribution in [0.4, 0.5) is 4.79 Å². The minimum absolute atomic E-state index is 0.0524. The van der Waals surface area contributed by atoms with Crippen LogP contribution in [-0.2, 0) is 6.42 Å². The van der Waals surface area contributed by atoms with Gasteiger partial charge in [-0.2, -0.15) is 0 Å². The van der Waals surface area contributed by atoms with Crippen LogP contribution >= 0.6 is 0 Å². The van der Waals surface area contributed by atoms with Gasteiger partial charge in [-0.05, 0) is 36.0 Å².